The Morgan fingerprint density at radius 1 is 1.17 bits per heavy atom. The normalized spacial score (nSPS) is 10.7. The third-order valence-corrected chi connectivity index (χ3v) is 4.90. The Labute approximate surface area is 137 Å². The molecular formula is C18H16O4S. The highest BCUT2D eigenvalue weighted by Crippen LogP contribution is 2.39. The summed E-state index contributed by atoms with van der Waals surface area (Å²) in [4.78, 5) is 11.6. The summed E-state index contributed by atoms with van der Waals surface area (Å²) in [6.07, 6.45) is 0. The van der Waals surface area contributed by atoms with Gasteiger partial charge in [0, 0.05) is 16.2 Å². The van der Waals surface area contributed by atoms with Gasteiger partial charge in [-0.1, -0.05) is 30.3 Å². The molecule has 4 nitrogen and oxygen atoms in total. The molecule has 0 amide bonds. The predicted octanol–water partition coefficient (Wildman–Crippen LogP) is 4.50. The van der Waals surface area contributed by atoms with Crippen LogP contribution in [0, 0.1) is 6.92 Å². The zero-order chi connectivity index (χ0) is 16.4. The van der Waals surface area contributed by atoms with Gasteiger partial charge in [0.05, 0.1) is 7.11 Å². The molecule has 1 N–H and O–H groups in total. The van der Waals surface area contributed by atoms with Crippen LogP contribution in [0.2, 0.25) is 0 Å². The highest BCUT2D eigenvalue weighted by Gasteiger charge is 2.17. The first kappa shape index (κ1) is 15.4. The minimum atomic E-state index is -0.908. The first-order valence-electron chi connectivity index (χ1n) is 7.11. The summed E-state index contributed by atoms with van der Waals surface area (Å²) in [5.41, 5.74) is 1.81. The maximum absolute atomic E-state index is 11.3. The van der Waals surface area contributed by atoms with Crippen LogP contribution in [-0.2, 0) is 6.61 Å². The minimum absolute atomic E-state index is 0.349. The van der Waals surface area contributed by atoms with Crippen LogP contribution in [0.4, 0.5) is 0 Å². The molecule has 1 aromatic heterocycles. The third-order valence-electron chi connectivity index (χ3n) is 3.65. The molecule has 0 saturated carbocycles. The van der Waals surface area contributed by atoms with Crippen LogP contribution in [0.15, 0.2) is 42.5 Å². The zero-order valence-corrected chi connectivity index (χ0v) is 13.6. The van der Waals surface area contributed by atoms with Crippen LogP contribution < -0.4 is 9.47 Å². The van der Waals surface area contributed by atoms with Crippen molar-refractivity contribution in [3.8, 4) is 11.5 Å². The Balaban J connectivity index is 1.98. The van der Waals surface area contributed by atoms with E-state index in [1.54, 1.807) is 7.11 Å². The van der Waals surface area contributed by atoms with Crippen molar-refractivity contribution < 1.29 is 19.4 Å². The molecule has 0 atom stereocenters. The number of thiophene rings is 1. The van der Waals surface area contributed by atoms with Crippen molar-refractivity contribution in [3.05, 3.63) is 58.5 Å². The number of hydrogen-bond donors (Lipinski definition) is 1. The van der Waals surface area contributed by atoms with E-state index in [0.717, 1.165) is 21.2 Å². The molecule has 0 aliphatic rings. The van der Waals surface area contributed by atoms with Gasteiger partial charge >= 0.3 is 5.97 Å². The van der Waals surface area contributed by atoms with Gasteiger partial charge in [0.25, 0.3) is 0 Å². The molecule has 2 aromatic carbocycles. The number of carbonyl (C=O) groups is 1. The van der Waals surface area contributed by atoms with Crippen molar-refractivity contribution in [3.63, 3.8) is 0 Å². The van der Waals surface area contributed by atoms with Crippen molar-refractivity contribution in [2.24, 2.45) is 0 Å². The van der Waals surface area contributed by atoms with Gasteiger partial charge in [0.15, 0.2) is 11.5 Å². The maximum Gasteiger partial charge on any atom is 0.346 e. The molecule has 0 bridgehead atoms. The van der Waals surface area contributed by atoms with E-state index in [4.69, 9.17) is 9.47 Å². The molecule has 0 fully saturated rings. The fourth-order valence-electron chi connectivity index (χ4n) is 2.44. The van der Waals surface area contributed by atoms with E-state index in [1.807, 2.05) is 49.4 Å². The van der Waals surface area contributed by atoms with Gasteiger partial charge in [-0.15, -0.1) is 11.3 Å². The molecule has 118 valence electrons. The largest absolute Gasteiger partial charge is 0.493 e. The molecule has 5 heteroatoms. The highest BCUT2D eigenvalue weighted by molar-refractivity contribution is 7.21. The number of hydrogen-bond acceptors (Lipinski definition) is 4. The number of methoxy groups -OCH3 is 1. The van der Waals surface area contributed by atoms with Gasteiger partial charge in [-0.05, 0) is 24.1 Å². The molecule has 3 aromatic rings. The van der Waals surface area contributed by atoms with Gasteiger partial charge in [-0.25, -0.2) is 4.79 Å². The van der Waals surface area contributed by atoms with Crippen LogP contribution in [0.25, 0.3) is 10.1 Å². The Morgan fingerprint density at radius 2 is 1.91 bits per heavy atom. The monoisotopic (exact) mass is 328 g/mol. The molecule has 0 aliphatic heterocycles. The first-order valence-corrected chi connectivity index (χ1v) is 7.93. The summed E-state index contributed by atoms with van der Waals surface area (Å²) >= 11 is 1.25. The second-order valence-electron chi connectivity index (χ2n) is 5.13. The zero-order valence-electron chi connectivity index (χ0n) is 12.8. The smallest absolute Gasteiger partial charge is 0.346 e. The maximum atomic E-state index is 11.3. The van der Waals surface area contributed by atoms with Crippen molar-refractivity contribution >= 4 is 27.4 Å². The predicted molar refractivity (Wildman–Crippen MR) is 90.8 cm³/mol. The average Bonchev–Trinajstić information content (AvgIpc) is 2.89. The Morgan fingerprint density at radius 3 is 2.57 bits per heavy atom. The molecule has 23 heavy (non-hydrogen) atoms. The number of benzene rings is 2. The summed E-state index contributed by atoms with van der Waals surface area (Å²) < 4.78 is 12.1. The summed E-state index contributed by atoms with van der Waals surface area (Å²) in [5.74, 6) is 0.308. The lowest BCUT2D eigenvalue weighted by Gasteiger charge is -2.11. The second-order valence-corrected chi connectivity index (χ2v) is 6.19. The number of carboxylic acids is 1. The standard InChI is InChI=1S/C18H16O4S/c1-11-13-8-15(22-10-12-6-4-3-5-7-12)14(21-2)9-16(13)23-17(11)18(19)20/h3-9H,10H2,1-2H3,(H,19,20). The molecular weight excluding hydrogens is 312 g/mol. The summed E-state index contributed by atoms with van der Waals surface area (Å²) in [6.45, 7) is 2.24. The van der Waals surface area contributed by atoms with Gasteiger partial charge < -0.3 is 14.6 Å². The number of aromatic carboxylic acids is 1. The third kappa shape index (κ3) is 3.00. The van der Waals surface area contributed by atoms with Crippen molar-refractivity contribution in [1.82, 2.24) is 0 Å². The van der Waals surface area contributed by atoms with Crippen LogP contribution in [0.3, 0.4) is 0 Å². The number of carboxylic acid groups (broad SMARTS) is 1. The van der Waals surface area contributed by atoms with Crippen LogP contribution in [0.1, 0.15) is 20.8 Å². The van der Waals surface area contributed by atoms with E-state index in [-0.39, 0.29) is 0 Å². The number of fused-ring (bicyclic) bond motifs is 1. The molecule has 1 heterocycles. The van der Waals surface area contributed by atoms with E-state index in [9.17, 15) is 9.90 Å². The molecule has 3 rings (SSSR count). The van der Waals surface area contributed by atoms with E-state index >= 15 is 0 Å². The quantitative estimate of drug-likeness (QED) is 0.749. The van der Waals surface area contributed by atoms with Crippen molar-refractivity contribution in [1.29, 1.82) is 0 Å². The molecule has 0 radical (unpaired) electrons. The number of ether oxygens (including phenoxy) is 2. The van der Waals surface area contributed by atoms with E-state index in [2.05, 4.69) is 0 Å². The van der Waals surface area contributed by atoms with Crippen LogP contribution >= 0.6 is 11.3 Å². The topological polar surface area (TPSA) is 55.8 Å². The van der Waals surface area contributed by atoms with Crippen LogP contribution in [-0.4, -0.2) is 18.2 Å². The van der Waals surface area contributed by atoms with Gasteiger partial charge in [0.1, 0.15) is 11.5 Å². The second kappa shape index (κ2) is 6.30. The Bertz CT molecular complexity index is 852. The van der Waals surface area contributed by atoms with E-state index in [0.29, 0.717) is 23.0 Å². The lowest BCUT2D eigenvalue weighted by atomic mass is 10.1. The molecule has 0 spiro atoms. The van der Waals surface area contributed by atoms with Crippen molar-refractivity contribution in [2.75, 3.05) is 7.11 Å². The van der Waals surface area contributed by atoms with Gasteiger partial charge in [-0.3, -0.25) is 0 Å². The van der Waals surface area contributed by atoms with Gasteiger partial charge in [-0.2, -0.15) is 0 Å². The number of rotatable bonds is 5. The lowest BCUT2D eigenvalue weighted by Crippen LogP contribution is -1.97. The van der Waals surface area contributed by atoms with Gasteiger partial charge in [0.2, 0.25) is 0 Å². The fourth-order valence-corrected chi connectivity index (χ4v) is 3.50. The Hall–Kier alpha value is -2.53. The summed E-state index contributed by atoms with van der Waals surface area (Å²) in [5, 5.41) is 10.1. The number of aryl methyl sites for hydroxylation is 1. The summed E-state index contributed by atoms with van der Waals surface area (Å²) in [7, 11) is 1.58. The first-order chi connectivity index (χ1) is 11.1. The lowest BCUT2D eigenvalue weighted by molar-refractivity contribution is 0.0701. The average molecular weight is 328 g/mol. The molecule has 0 unspecified atom stereocenters. The van der Waals surface area contributed by atoms with Crippen molar-refractivity contribution in [2.45, 2.75) is 13.5 Å². The SMILES string of the molecule is COc1cc2sc(C(=O)O)c(C)c2cc1OCc1ccccc1. The minimum Gasteiger partial charge on any atom is -0.493 e. The molecule has 0 saturated heterocycles. The van der Waals surface area contributed by atoms with Crippen LogP contribution in [0.5, 0.6) is 11.5 Å². The summed E-state index contributed by atoms with van der Waals surface area (Å²) in [6, 6.07) is 13.5. The van der Waals surface area contributed by atoms with E-state index in [1.165, 1.54) is 11.3 Å². The fraction of sp³-hybridized carbons (Fsp3) is 0.167. The molecule has 0 aliphatic carbocycles. The highest BCUT2D eigenvalue weighted by atomic mass is 32.1. The Kier molecular flexibility index (Phi) is 4.21. The van der Waals surface area contributed by atoms with E-state index < -0.39 is 5.97 Å².